The number of amides is 2. The lowest BCUT2D eigenvalue weighted by atomic mass is 10.1. The molecular weight excluding hydrogens is 470 g/mol. The van der Waals surface area contributed by atoms with Gasteiger partial charge in [-0.25, -0.2) is 0 Å². The molecule has 0 atom stereocenters. The van der Waals surface area contributed by atoms with Crippen LogP contribution in [0.15, 0.2) is 71.8 Å². The van der Waals surface area contributed by atoms with Crippen LogP contribution in [-0.2, 0) is 18.3 Å². The van der Waals surface area contributed by atoms with Gasteiger partial charge in [-0.1, -0.05) is 30.3 Å². The van der Waals surface area contributed by atoms with E-state index in [0.29, 0.717) is 61.5 Å². The van der Waals surface area contributed by atoms with Gasteiger partial charge in [0.15, 0.2) is 0 Å². The van der Waals surface area contributed by atoms with Crippen molar-refractivity contribution in [1.82, 2.24) is 24.1 Å². The van der Waals surface area contributed by atoms with Crippen LogP contribution in [0.25, 0.3) is 16.9 Å². The molecule has 37 heavy (non-hydrogen) atoms. The normalized spacial score (nSPS) is 13.7. The highest BCUT2D eigenvalue weighted by atomic mass is 16.5. The summed E-state index contributed by atoms with van der Waals surface area (Å²) in [4.78, 5) is 42.9. The molecule has 9 nitrogen and oxygen atoms in total. The van der Waals surface area contributed by atoms with E-state index in [4.69, 9.17) is 4.74 Å². The second-order valence-electron chi connectivity index (χ2n) is 9.17. The number of piperazine rings is 1. The Labute approximate surface area is 214 Å². The second-order valence-corrected chi connectivity index (χ2v) is 9.17. The molecule has 2 amide bonds. The number of nitrogens with zero attached hydrogens (tertiary/aromatic N) is 5. The highest BCUT2D eigenvalue weighted by Gasteiger charge is 2.29. The first kappa shape index (κ1) is 24.3. The van der Waals surface area contributed by atoms with Gasteiger partial charge >= 0.3 is 0 Å². The summed E-state index contributed by atoms with van der Waals surface area (Å²) in [6.07, 6.45) is 4.47. The molecule has 0 aliphatic carbocycles. The molecule has 1 saturated heterocycles. The third kappa shape index (κ3) is 4.97. The first-order valence-electron chi connectivity index (χ1n) is 12.3. The summed E-state index contributed by atoms with van der Waals surface area (Å²) >= 11 is 0. The first-order chi connectivity index (χ1) is 17.9. The van der Waals surface area contributed by atoms with Gasteiger partial charge < -0.3 is 19.1 Å². The van der Waals surface area contributed by atoms with Crippen LogP contribution in [0.3, 0.4) is 0 Å². The molecule has 2 aromatic rings. The lowest BCUT2D eigenvalue weighted by Crippen LogP contribution is -2.50. The quantitative estimate of drug-likeness (QED) is 0.407. The molecule has 3 aliphatic heterocycles. The van der Waals surface area contributed by atoms with E-state index in [-0.39, 0.29) is 17.4 Å². The summed E-state index contributed by atoms with van der Waals surface area (Å²) in [5, 5.41) is 4.52. The van der Waals surface area contributed by atoms with E-state index in [9.17, 15) is 14.4 Å². The van der Waals surface area contributed by atoms with Crippen molar-refractivity contribution in [2.75, 3.05) is 33.3 Å². The summed E-state index contributed by atoms with van der Waals surface area (Å²) in [7, 11) is 3.41. The average Bonchev–Trinajstić information content (AvgIpc) is 3.27. The lowest BCUT2D eigenvalue weighted by Gasteiger charge is -2.35. The van der Waals surface area contributed by atoms with E-state index < -0.39 is 0 Å². The number of ether oxygens (including phenoxy) is 1. The van der Waals surface area contributed by atoms with Crippen molar-refractivity contribution in [3.8, 4) is 22.7 Å². The highest BCUT2D eigenvalue weighted by molar-refractivity contribution is 6.00. The van der Waals surface area contributed by atoms with Crippen LogP contribution < -0.4 is 10.3 Å². The van der Waals surface area contributed by atoms with E-state index in [2.05, 4.69) is 5.10 Å². The number of benzene rings is 2. The van der Waals surface area contributed by atoms with Gasteiger partial charge in [0.1, 0.15) is 11.4 Å². The van der Waals surface area contributed by atoms with Crippen molar-refractivity contribution in [3.63, 3.8) is 0 Å². The largest absolute Gasteiger partial charge is 0.497 e. The minimum atomic E-state index is -0.265. The Morgan fingerprint density at radius 2 is 1.59 bits per heavy atom. The van der Waals surface area contributed by atoms with Crippen molar-refractivity contribution >= 4 is 11.8 Å². The topological polar surface area (TPSA) is 89.7 Å². The van der Waals surface area contributed by atoms with E-state index in [0.717, 1.165) is 11.3 Å². The monoisotopic (exact) mass is 499 g/mol. The van der Waals surface area contributed by atoms with Gasteiger partial charge in [0, 0.05) is 52.0 Å². The number of fused-ring (bicyclic) bond motifs is 1. The van der Waals surface area contributed by atoms with Gasteiger partial charge in [-0.05, 0) is 36.2 Å². The molecule has 3 aliphatic rings. The fourth-order valence-electron chi connectivity index (χ4n) is 4.67. The van der Waals surface area contributed by atoms with Gasteiger partial charge in [-0.3, -0.25) is 14.4 Å². The predicted octanol–water partition coefficient (Wildman–Crippen LogP) is 2.60. The Morgan fingerprint density at radius 1 is 0.919 bits per heavy atom. The zero-order valence-electron chi connectivity index (χ0n) is 21.0. The maximum Gasteiger partial charge on any atom is 0.282 e. The van der Waals surface area contributed by atoms with Gasteiger partial charge in [-0.2, -0.15) is 9.78 Å². The summed E-state index contributed by atoms with van der Waals surface area (Å²) in [5.74, 6) is 0.678. The lowest BCUT2D eigenvalue weighted by molar-refractivity contribution is -0.132. The molecule has 5 rings (SSSR count). The van der Waals surface area contributed by atoms with Crippen molar-refractivity contribution in [3.05, 3.63) is 88.5 Å². The third-order valence-electron chi connectivity index (χ3n) is 6.74. The van der Waals surface area contributed by atoms with Crippen LogP contribution >= 0.6 is 0 Å². The van der Waals surface area contributed by atoms with E-state index in [1.807, 2.05) is 47.4 Å². The van der Waals surface area contributed by atoms with Crippen molar-refractivity contribution in [1.29, 1.82) is 0 Å². The minimum Gasteiger partial charge on any atom is -0.497 e. The number of carbonyl (C=O) groups excluding carboxylic acids is 2. The molecule has 0 spiro atoms. The van der Waals surface area contributed by atoms with E-state index in [1.165, 1.54) is 4.68 Å². The van der Waals surface area contributed by atoms with Crippen molar-refractivity contribution < 1.29 is 14.3 Å². The summed E-state index contributed by atoms with van der Waals surface area (Å²) in [5.41, 5.74) is 2.62. The van der Waals surface area contributed by atoms with Gasteiger partial charge in [0.05, 0.1) is 23.9 Å². The first-order valence-corrected chi connectivity index (χ1v) is 12.3. The SMILES string of the molecule is COc1ccc(CCC(=O)N2CCN(C(=O)c3cn(C)cc4c(=O)n(-c5ccccc5)nc3-4)CC2)cc1. The van der Waals surface area contributed by atoms with Crippen molar-refractivity contribution in [2.45, 2.75) is 12.8 Å². The Bertz CT molecular complexity index is 1430. The number of hydrogen-bond acceptors (Lipinski definition) is 5. The van der Waals surface area contributed by atoms with Crippen LogP contribution in [0, 0.1) is 0 Å². The molecule has 190 valence electrons. The maximum absolute atomic E-state index is 13.5. The fourth-order valence-corrected chi connectivity index (χ4v) is 4.67. The van der Waals surface area contributed by atoms with Gasteiger partial charge in [0.2, 0.25) is 5.91 Å². The zero-order valence-corrected chi connectivity index (χ0v) is 21.0. The standard InChI is InChI=1S/C28H29N5O4/c1-30-18-23(26-24(19-30)28(36)33(29-26)21-6-4-3-5-7-21)27(35)32-16-14-31(15-17-32)25(34)13-10-20-8-11-22(37-2)12-9-20/h3-9,11-12,18-19H,10,13-17H2,1-2H3. The van der Waals surface area contributed by atoms with Crippen LogP contribution in [0.1, 0.15) is 22.3 Å². The van der Waals surface area contributed by atoms with E-state index in [1.54, 1.807) is 48.2 Å². The summed E-state index contributed by atoms with van der Waals surface area (Å²) < 4.78 is 8.23. The molecule has 0 aromatic heterocycles. The molecule has 0 bridgehead atoms. The third-order valence-corrected chi connectivity index (χ3v) is 6.74. The number of para-hydroxylation sites is 1. The zero-order chi connectivity index (χ0) is 25.9. The number of hydrogen-bond donors (Lipinski definition) is 0. The molecule has 0 saturated carbocycles. The number of carbonyl (C=O) groups is 2. The second kappa shape index (κ2) is 10.3. The Balaban J connectivity index is 1.26. The predicted molar refractivity (Wildman–Crippen MR) is 139 cm³/mol. The Morgan fingerprint density at radius 3 is 2.27 bits per heavy atom. The minimum absolute atomic E-state index is 0.0778. The van der Waals surface area contributed by atoms with E-state index >= 15 is 0 Å². The molecule has 1 fully saturated rings. The van der Waals surface area contributed by atoms with Gasteiger partial charge in [-0.15, -0.1) is 0 Å². The number of aromatic nitrogens is 3. The number of pyridine rings is 1. The van der Waals surface area contributed by atoms with Crippen LogP contribution in [0.4, 0.5) is 0 Å². The highest BCUT2D eigenvalue weighted by Crippen LogP contribution is 2.24. The number of rotatable bonds is 6. The molecular formula is C28H29N5O4. The number of methoxy groups -OCH3 is 1. The molecule has 0 N–H and O–H groups in total. The summed E-state index contributed by atoms with van der Waals surface area (Å²) in [6, 6.07) is 16.9. The van der Waals surface area contributed by atoms with Crippen molar-refractivity contribution in [2.24, 2.45) is 7.05 Å². The Kier molecular flexibility index (Phi) is 6.76. The Hall–Kier alpha value is -4.40. The van der Waals surface area contributed by atoms with Crippen LogP contribution in [-0.4, -0.2) is 69.3 Å². The summed E-state index contributed by atoms with van der Waals surface area (Å²) in [6.45, 7) is 1.80. The maximum atomic E-state index is 13.5. The van der Waals surface area contributed by atoms with Crippen LogP contribution in [0.5, 0.6) is 5.75 Å². The number of aryl methyl sites for hydroxylation is 2. The average molecular weight is 500 g/mol. The molecule has 2 aromatic carbocycles. The molecule has 3 heterocycles. The smallest absolute Gasteiger partial charge is 0.282 e. The molecule has 0 radical (unpaired) electrons. The molecule has 9 heteroatoms. The van der Waals surface area contributed by atoms with Gasteiger partial charge in [0.25, 0.3) is 11.5 Å². The molecule has 0 unspecified atom stereocenters. The fraction of sp³-hybridized carbons (Fsp3) is 0.286. The van der Waals surface area contributed by atoms with Crippen LogP contribution in [0.2, 0.25) is 0 Å².